The molecule has 2 saturated heterocycles. The standard InChI is InChI=1S/C22H28O4/c1-19-8-5-14(23)11-13(19)3-4-16-15-6-9-21(10-7-18(24)26-21)20(15,2)12-17-22(16,19)25-17/h5,8,13,15-17H,3-4,6-7,9-12H2,1-2H3/t13-,15-,16-,17+,19-,20-,21+,22-/m0/s1. The average molecular weight is 356 g/mol. The first-order chi connectivity index (χ1) is 12.3. The largest absolute Gasteiger partial charge is 0.458 e. The van der Waals surface area contributed by atoms with Gasteiger partial charge in [-0.25, -0.2) is 0 Å². The second kappa shape index (κ2) is 4.45. The van der Waals surface area contributed by atoms with Crippen molar-refractivity contribution in [2.24, 2.45) is 28.6 Å². The minimum absolute atomic E-state index is 0.00942. The number of hydrogen-bond donors (Lipinski definition) is 0. The molecule has 0 amide bonds. The highest BCUT2D eigenvalue weighted by Crippen LogP contribution is 2.77. The molecule has 6 rings (SSSR count). The van der Waals surface area contributed by atoms with Gasteiger partial charge in [0.2, 0.25) is 0 Å². The number of carbonyl (C=O) groups is 2. The fourth-order valence-corrected chi connectivity index (χ4v) is 8.37. The summed E-state index contributed by atoms with van der Waals surface area (Å²) in [7, 11) is 0. The maximum absolute atomic E-state index is 12.0. The minimum Gasteiger partial charge on any atom is -0.458 e. The van der Waals surface area contributed by atoms with E-state index in [-0.39, 0.29) is 39.9 Å². The van der Waals surface area contributed by atoms with E-state index in [1.165, 1.54) is 0 Å². The van der Waals surface area contributed by atoms with Gasteiger partial charge in [-0.05, 0) is 62.4 Å². The van der Waals surface area contributed by atoms with Crippen molar-refractivity contribution in [1.82, 2.24) is 0 Å². The van der Waals surface area contributed by atoms with Gasteiger partial charge in [0.25, 0.3) is 0 Å². The molecule has 0 bridgehead atoms. The Morgan fingerprint density at radius 3 is 2.69 bits per heavy atom. The van der Waals surface area contributed by atoms with E-state index in [9.17, 15) is 9.59 Å². The quantitative estimate of drug-likeness (QED) is 0.492. The number of epoxide rings is 1. The molecule has 4 aliphatic carbocycles. The number of esters is 1. The maximum atomic E-state index is 12.0. The summed E-state index contributed by atoms with van der Waals surface area (Å²) in [4.78, 5) is 24.0. The van der Waals surface area contributed by atoms with Crippen molar-refractivity contribution < 1.29 is 19.1 Å². The van der Waals surface area contributed by atoms with Crippen molar-refractivity contribution in [2.75, 3.05) is 0 Å². The summed E-state index contributed by atoms with van der Waals surface area (Å²) in [6.45, 7) is 4.72. The highest BCUT2D eigenvalue weighted by Gasteiger charge is 2.81. The van der Waals surface area contributed by atoms with Gasteiger partial charge in [-0.2, -0.15) is 0 Å². The molecule has 140 valence electrons. The van der Waals surface area contributed by atoms with Crippen LogP contribution < -0.4 is 0 Å². The fraction of sp³-hybridized carbons (Fsp3) is 0.818. The molecule has 8 atom stereocenters. The molecule has 2 aliphatic heterocycles. The summed E-state index contributed by atoms with van der Waals surface area (Å²) in [6, 6.07) is 0. The summed E-state index contributed by atoms with van der Waals surface area (Å²) in [5, 5.41) is 0. The highest BCUT2D eigenvalue weighted by atomic mass is 16.6. The van der Waals surface area contributed by atoms with Gasteiger partial charge in [0.15, 0.2) is 5.78 Å². The Balaban J connectivity index is 1.42. The first kappa shape index (κ1) is 15.9. The molecule has 0 aromatic carbocycles. The summed E-state index contributed by atoms with van der Waals surface area (Å²) >= 11 is 0. The first-order valence-electron chi connectivity index (χ1n) is 10.5. The second-order valence-corrected chi connectivity index (χ2v) is 10.3. The van der Waals surface area contributed by atoms with Crippen molar-refractivity contribution in [1.29, 1.82) is 0 Å². The van der Waals surface area contributed by atoms with Crippen molar-refractivity contribution in [3.63, 3.8) is 0 Å². The van der Waals surface area contributed by atoms with E-state index in [4.69, 9.17) is 9.47 Å². The zero-order valence-electron chi connectivity index (χ0n) is 15.8. The maximum Gasteiger partial charge on any atom is 0.306 e. The van der Waals surface area contributed by atoms with E-state index in [0.29, 0.717) is 30.6 Å². The van der Waals surface area contributed by atoms with Crippen molar-refractivity contribution in [3.8, 4) is 0 Å². The fourth-order valence-electron chi connectivity index (χ4n) is 8.37. The molecule has 4 nitrogen and oxygen atoms in total. The number of fused-ring (bicyclic) bond motifs is 4. The van der Waals surface area contributed by atoms with E-state index in [2.05, 4.69) is 19.9 Å². The lowest BCUT2D eigenvalue weighted by atomic mass is 9.45. The molecule has 6 aliphatic rings. The summed E-state index contributed by atoms with van der Waals surface area (Å²) in [5.41, 5.74) is -0.293. The topological polar surface area (TPSA) is 55.9 Å². The van der Waals surface area contributed by atoms with Crippen molar-refractivity contribution >= 4 is 11.8 Å². The molecule has 2 spiro atoms. The molecule has 4 heteroatoms. The van der Waals surface area contributed by atoms with Crippen molar-refractivity contribution in [3.05, 3.63) is 12.2 Å². The van der Waals surface area contributed by atoms with E-state index in [1.807, 2.05) is 6.08 Å². The van der Waals surface area contributed by atoms with Crippen LogP contribution in [0.1, 0.15) is 65.2 Å². The normalized spacial score (nSPS) is 59.5. The Morgan fingerprint density at radius 1 is 1.08 bits per heavy atom. The third-order valence-electron chi connectivity index (χ3n) is 9.74. The van der Waals surface area contributed by atoms with Crippen LogP contribution in [0.5, 0.6) is 0 Å². The van der Waals surface area contributed by atoms with Crippen LogP contribution in [0.3, 0.4) is 0 Å². The average Bonchev–Trinajstić information content (AvgIpc) is 3.08. The molecule has 2 heterocycles. The van der Waals surface area contributed by atoms with Gasteiger partial charge in [0.1, 0.15) is 11.2 Å². The Kier molecular flexibility index (Phi) is 2.72. The molecule has 0 N–H and O–H groups in total. The second-order valence-electron chi connectivity index (χ2n) is 10.3. The Labute approximate surface area is 154 Å². The highest BCUT2D eigenvalue weighted by molar-refractivity contribution is 5.91. The first-order valence-corrected chi connectivity index (χ1v) is 10.5. The number of ketones is 1. The number of allylic oxidation sites excluding steroid dienone is 1. The van der Waals surface area contributed by atoms with Crippen LogP contribution in [0.25, 0.3) is 0 Å². The van der Waals surface area contributed by atoms with E-state index in [1.54, 1.807) is 0 Å². The smallest absolute Gasteiger partial charge is 0.306 e. The number of carbonyl (C=O) groups excluding carboxylic acids is 2. The van der Waals surface area contributed by atoms with Gasteiger partial charge in [-0.15, -0.1) is 0 Å². The van der Waals surface area contributed by atoms with Gasteiger partial charge < -0.3 is 9.47 Å². The predicted octanol–water partition coefficient (Wildman–Crippen LogP) is 3.58. The summed E-state index contributed by atoms with van der Waals surface area (Å²) in [6.07, 6.45) is 11.9. The Bertz CT molecular complexity index is 757. The number of hydrogen-bond acceptors (Lipinski definition) is 4. The van der Waals surface area contributed by atoms with Crippen LogP contribution in [0, 0.1) is 28.6 Å². The van der Waals surface area contributed by atoms with E-state index in [0.717, 1.165) is 38.5 Å². The molecule has 3 saturated carbocycles. The lowest BCUT2D eigenvalue weighted by Crippen LogP contribution is -2.61. The SMILES string of the molecule is C[C@]12C=CC(=O)C[C@@H]1CC[C@H]1[C@@H]3CC[C@@]4(CCC(=O)O4)[C@@]3(C)C[C@H]3O[C@]312. The molecule has 26 heavy (non-hydrogen) atoms. The number of rotatable bonds is 0. The molecular formula is C22H28O4. The summed E-state index contributed by atoms with van der Waals surface area (Å²) in [5.74, 6) is 1.79. The van der Waals surface area contributed by atoms with Gasteiger partial charge in [-0.3, -0.25) is 9.59 Å². The van der Waals surface area contributed by atoms with Gasteiger partial charge in [0, 0.05) is 23.7 Å². The molecule has 0 aromatic heterocycles. The Morgan fingerprint density at radius 2 is 1.92 bits per heavy atom. The zero-order valence-corrected chi connectivity index (χ0v) is 15.8. The minimum atomic E-state index is -0.247. The molecular weight excluding hydrogens is 328 g/mol. The van der Waals surface area contributed by atoms with Crippen LogP contribution in [0.15, 0.2) is 12.2 Å². The monoisotopic (exact) mass is 356 g/mol. The molecule has 5 fully saturated rings. The molecule has 0 unspecified atom stereocenters. The van der Waals surface area contributed by atoms with Gasteiger partial charge >= 0.3 is 5.97 Å². The van der Waals surface area contributed by atoms with E-state index >= 15 is 0 Å². The van der Waals surface area contributed by atoms with Crippen LogP contribution >= 0.6 is 0 Å². The van der Waals surface area contributed by atoms with Crippen LogP contribution in [-0.4, -0.2) is 29.1 Å². The van der Waals surface area contributed by atoms with E-state index < -0.39 is 0 Å². The molecule has 0 aromatic rings. The number of ether oxygens (including phenoxy) is 2. The van der Waals surface area contributed by atoms with Crippen LogP contribution in [0.2, 0.25) is 0 Å². The van der Waals surface area contributed by atoms with Gasteiger partial charge in [0.05, 0.1) is 6.10 Å². The van der Waals surface area contributed by atoms with Crippen LogP contribution in [0.4, 0.5) is 0 Å². The molecule has 0 radical (unpaired) electrons. The third-order valence-corrected chi connectivity index (χ3v) is 9.74. The van der Waals surface area contributed by atoms with Crippen LogP contribution in [-0.2, 0) is 19.1 Å². The summed E-state index contributed by atoms with van der Waals surface area (Å²) < 4.78 is 12.6. The predicted molar refractivity (Wildman–Crippen MR) is 94.2 cm³/mol. The Hall–Kier alpha value is -1.16. The van der Waals surface area contributed by atoms with Gasteiger partial charge in [-0.1, -0.05) is 19.9 Å². The zero-order chi connectivity index (χ0) is 17.9. The lowest BCUT2D eigenvalue weighted by molar-refractivity contribution is -0.165. The lowest BCUT2D eigenvalue weighted by Gasteiger charge is -2.57. The van der Waals surface area contributed by atoms with Crippen molar-refractivity contribution in [2.45, 2.75) is 82.5 Å². The third kappa shape index (κ3) is 1.51.